The molecule has 1 saturated heterocycles. The van der Waals surface area contributed by atoms with E-state index in [0.29, 0.717) is 42.4 Å². The van der Waals surface area contributed by atoms with Crippen LogP contribution >= 0.6 is 0 Å². The molecule has 11 heteroatoms. The Bertz CT molecular complexity index is 982. The van der Waals surface area contributed by atoms with Crippen molar-refractivity contribution in [2.24, 2.45) is 0 Å². The highest BCUT2D eigenvalue weighted by Gasteiger charge is 2.46. The van der Waals surface area contributed by atoms with Crippen LogP contribution in [0, 0.1) is 0 Å². The molecular formula is C16H19N5O4S2. The molecule has 3 heterocycles. The zero-order valence-electron chi connectivity index (χ0n) is 14.5. The summed E-state index contributed by atoms with van der Waals surface area (Å²) < 4.78 is 51.1. The lowest BCUT2D eigenvalue weighted by atomic mass is 10.3. The SMILES string of the molecule is O=S1(=O)c2ccccc2S(=O)(=O)N1CCN1CCN(c2ncccn2)CC1. The third kappa shape index (κ3) is 3.20. The number of anilines is 1. The minimum atomic E-state index is -4.02. The minimum absolute atomic E-state index is 0.0960. The lowest BCUT2D eigenvalue weighted by Gasteiger charge is -2.35. The maximum atomic E-state index is 12.6. The van der Waals surface area contributed by atoms with E-state index in [1.54, 1.807) is 18.5 Å². The molecule has 1 aromatic heterocycles. The lowest BCUT2D eigenvalue weighted by Crippen LogP contribution is -2.49. The number of fused-ring (bicyclic) bond motifs is 1. The van der Waals surface area contributed by atoms with Gasteiger partial charge in [0.05, 0.1) is 0 Å². The highest BCUT2D eigenvalue weighted by Crippen LogP contribution is 2.36. The van der Waals surface area contributed by atoms with E-state index in [9.17, 15) is 16.8 Å². The molecule has 1 fully saturated rings. The molecule has 1 aromatic carbocycles. The van der Waals surface area contributed by atoms with Gasteiger partial charge in [-0.3, -0.25) is 4.90 Å². The van der Waals surface area contributed by atoms with Gasteiger partial charge in [0.15, 0.2) is 0 Å². The number of piperazine rings is 1. The van der Waals surface area contributed by atoms with Gasteiger partial charge in [-0.15, -0.1) is 0 Å². The Morgan fingerprint density at radius 3 is 1.89 bits per heavy atom. The van der Waals surface area contributed by atoms with Crippen molar-refractivity contribution < 1.29 is 16.8 Å². The molecule has 0 N–H and O–H groups in total. The fourth-order valence-electron chi connectivity index (χ4n) is 3.31. The van der Waals surface area contributed by atoms with Gasteiger partial charge in [-0.2, -0.15) is 0 Å². The van der Waals surface area contributed by atoms with E-state index in [1.165, 1.54) is 24.3 Å². The first-order valence-corrected chi connectivity index (χ1v) is 11.4. The Hall–Kier alpha value is -2.08. The first-order chi connectivity index (χ1) is 12.9. The van der Waals surface area contributed by atoms with E-state index in [4.69, 9.17) is 0 Å². The summed E-state index contributed by atoms with van der Waals surface area (Å²) in [6.45, 7) is 3.00. The normalized spacial score (nSPS) is 21.9. The van der Waals surface area contributed by atoms with Crippen molar-refractivity contribution in [2.75, 3.05) is 44.2 Å². The van der Waals surface area contributed by atoms with Gasteiger partial charge in [-0.25, -0.2) is 26.8 Å². The Kier molecular flexibility index (Phi) is 4.62. The van der Waals surface area contributed by atoms with Crippen molar-refractivity contribution in [3.63, 3.8) is 0 Å². The van der Waals surface area contributed by atoms with Crippen LogP contribution in [0.3, 0.4) is 0 Å². The largest absolute Gasteiger partial charge is 0.338 e. The van der Waals surface area contributed by atoms with E-state index >= 15 is 0 Å². The monoisotopic (exact) mass is 409 g/mol. The van der Waals surface area contributed by atoms with Crippen LogP contribution in [0.1, 0.15) is 0 Å². The van der Waals surface area contributed by atoms with Gasteiger partial charge in [-0.05, 0) is 18.2 Å². The topological polar surface area (TPSA) is 104 Å². The quantitative estimate of drug-likeness (QED) is 0.695. The van der Waals surface area contributed by atoms with Crippen molar-refractivity contribution in [3.8, 4) is 0 Å². The van der Waals surface area contributed by atoms with Crippen LogP contribution in [-0.4, -0.2) is 74.7 Å². The van der Waals surface area contributed by atoms with E-state index in [0.717, 1.165) is 0 Å². The summed E-state index contributed by atoms with van der Waals surface area (Å²) in [4.78, 5) is 12.3. The predicted octanol–water partition coefficient (Wildman–Crippen LogP) is -0.00820. The maximum absolute atomic E-state index is 12.6. The minimum Gasteiger partial charge on any atom is -0.338 e. The molecule has 0 aliphatic carbocycles. The van der Waals surface area contributed by atoms with Crippen LogP contribution in [0.15, 0.2) is 52.5 Å². The molecule has 0 saturated carbocycles. The molecule has 0 spiro atoms. The summed E-state index contributed by atoms with van der Waals surface area (Å²) in [7, 11) is -8.04. The summed E-state index contributed by atoms with van der Waals surface area (Å²) in [6, 6.07) is 7.48. The molecule has 4 rings (SSSR count). The van der Waals surface area contributed by atoms with Crippen molar-refractivity contribution in [1.29, 1.82) is 0 Å². The number of hydrogen-bond acceptors (Lipinski definition) is 8. The van der Waals surface area contributed by atoms with Gasteiger partial charge in [0.2, 0.25) is 5.95 Å². The average molecular weight is 409 g/mol. The van der Waals surface area contributed by atoms with Crippen LogP contribution in [0.4, 0.5) is 5.95 Å². The van der Waals surface area contributed by atoms with Gasteiger partial charge in [0, 0.05) is 51.7 Å². The molecule has 0 bridgehead atoms. The standard InChI is InChI=1S/C16H19N5O4S2/c22-26(23)14-4-1-2-5-15(14)27(24,25)21(26)13-10-19-8-11-20(12-9-19)16-17-6-3-7-18-16/h1-7H,8-13H2. The second-order valence-electron chi connectivity index (χ2n) is 6.33. The smallest absolute Gasteiger partial charge is 0.257 e. The molecule has 0 unspecified atom stereocenters. The van der Waals surface area contributed by atoms with Gasteiger partial charge in [0.1, 0.15) is 9.79 Å². The van der Waals surface area contributed by atoms with E-state index in [1.807, 2.05) is 4.90 Å². The number of nitrogens with zero attached hydrogens (tertiary/aromatic N) is 5. The highest BCUT2D eigenvalue weighted by molar-refractivity contribution is 8.06. The summed E-state index contributed by atoms with van der Waals surface area (Å²) in [5, 5.41) is 0. The summed E-state index contributed by atoms with van der Waals surface area (Å²) in [5.41, 5.74) is 0. The fraction of sp³-hybridized carbons (Fsp3) is 0.375. The second kappa shape index (κ2) is 6.82. The maximum Gasteiger partial charge on any atom is 0.257 e. The van der Waals surface area contributed by atoms with Crippen molar-refractivity contribution in [3.05, 3.63) is 42.7 Å². The Morgan fingerprint density at radius 1 is 0.778 bits per heavy atom. The number of sulfonamides is 2. The lowest BCUT2D eigenvalue weighted by molar-refractivity contribution is 0.251. The fourth-order valence-corrected chi connectivity index (χ4v) is 7.69. The molecule has 2 aromatic rings. The van der Waals surface area contributed by atoms with E-state index in [2.05, 4.69) is 14.9 Å². The number of aromatic nitrogens is 2. The van der Waals surface area contributed by atoms with Crippen LogP contribution in [0.5, 0.6) is 0 Å². The van der Waals surface area contributed by atoms with Gasteiger partial charge in [0.25, 0.3) is 20.0 Å². The molecule has 27 heavy (non-hydrogen) atoms. The number of rotatable bonds is 4. The average Bonchev–Trinajstić information content (AvgIpc) is 2.84. The third-order valence-electron chi connectivity index (χ3n) is 4.75. The third-order valence-corrected chi connectivity index (χ3v) is 9.32. The second-order valence-corrected chi connectivity index (χ2v) is 10.2. The molecule has 0 amide bonds. The van der Waals surface area contributed by atoms with Crippen molar-refractivity contribution in [2.45, 2.75) is 9.79 Å². The molecule has 144 valence electrons. The highest BCUT2D eigenvalue weighted by atomic mass is 32.3. The van der Waals surface area contributed by atoms with Crippen LogP contribution in [-0.2, 0) is 20.0 Å². The van der Waals surface area contributed by atoms with Crippen molar-refractivity contribution in [1.82, 2.24) is 18.6 Å². The molecule has 0 atom stereocenters. The summed E-state index contributed by atoms with van der Waals surface area (Å²) in [6.07, 6.45) is 3.38. The Balaban J connectivity index is 1.42. The Labute approximate surface area is 158 Å². The van der Waals surface area contributed by atoms with Crippen LogP contribution in [0.25, 0.3) is 0 Å². The van der Waals surface area contributed by atoms with Gasteiger partial charge in [-0.1, -0.05) is 15.8 Å². The Morgan fingerprint density at radius 2 is 1.33 bits per heavy atom. The number of benzene rings is 1. The van der Waals surface area contributed by atoms with E-state index < -0.39 is 20.0 Å². The summed E-state index contributed by atoms with van der Waals surface area (Å²) >= 11 is 0. The summed E-state index contributed by atoms with van der Waals surface area (Å²) in [5.74, 6) is 0.664. The molecule has 9 nitrogen and oxygen atoms in total. The zero-order chi connectivity index (χ0) is 19.1. The van der Waals surface area contributed by atoms with E-state index in [-0.39, 0.29) is 16.3 Å². The predicted molar refractivity (Wildman–Crippen MR) is 98.2 cm³/mol. The molecular weight excluding hydrogens is 390 g/mol. The van der Waals surface area contributed by atoms with Gasteiger partial charge >= 0.3 is 0 Å². The number of hydrogen-bond donors (Lipinski definition) is 0. The first-order valence-electron chi connectivity index (χ1n) is 8.52. The molecule has 2 aliphatic rings. The first kappa shape index (κ1) is 18.3. The zero-order valence-corrected chi connectivity index (χ0v) is 16.1. The van der Waals surface area contributed by atoms with Gasteiger partial charge < -0.3 is 4.90 Å². The molecule has 2 aliphatic heterocycles. The van der Waals surface area contributed by atoms with Crippen molar-refractivity contribution >= 4 is 26.0 Å². The van der Waals surface area contributed by atoms with Crippen LogP contribution in [0.2, 0.25) is 0 Å². The van der Waals surface area contributed by atoms with Crippen LogP contribution < -0.4 is 4.90 Å². The molecule has 0 radical (unpaired) electrons.